The zero-order valence-electron chi connectivity index (χ0n) is 2.14. The van der Waals surface area contributed by atoms with Gasteiger partial charge < -0.3 is 6.15 Å². The fraction of sp³-hybridized carbons (Fsp3) is 0. The molecular formula is H6NPS2. The maximum atomic E-state index is 4.34. The smallest absolute Gasteiger partial charge is 0.0206 e. The highest BCUT2D eigenvalue weighted by Gasteiger charge is 1.15. The molecule has 0 heterocycles. The van der Waals surface area contributed by atoms with Gasteiger partial charge in [-0.25, -0.2) is 0 Å². The van der Waals surface area contributed by atoms with Gasteiger partial charge in [-0.1, -0.05) is 11.8 Å². The lowest BCUT2D eigenvalue weighted by Gasteiger charge is -1.30. The number of hydrogen-bond donors (Lipinski definition) is 2. The Morgan fingerprint density at radius 3 is 1.75 bits per heavy atom. The maximum Gasteiger partial charge on any atom is -0.0206 e. The zero-order chi connectivity index (χ0) is 2.71. The Kier molecular flexibility index (Phi) is 20.0. The van der Waals surface area contributed by atoms with Gasteiger partial charge in [0.25, 0.3) is 0 Å². The van der Waals surface area contributed by atoms with E-state index >= 15 is 0 Å². The molecule has 4 heteroatoms. The molecule has 0 aromatic heterocycles. The highest BCUT2D eigenvalue weighted by molar-refractivity contribution is 8.49. The SMILES string of the molecule is N.S=[PH2]S. The minimum absolute atomic E-state index is 0. The van der Waals surface area contributed by atoms with Crippen molar-refractivity contribution < 1.29 is 0 Å². The van der Waals surface area contributed by atoms with Gasteiger partial charge in [0.1, 0.15) is 0 Å². The molecule has 1 nitrogen and oxygen atoms in total. The summed E-state index contributed by atoms with van der Waals surface area (Å²) in [6, 6.07) is 0. The van der Waals surface area contributed by atoms with Gasteiger partial charge in [-0.3, -0.25) is 0 Å². The molecule has 0 bridgehead atoms. The highest BCUT2D eigenvalue weighted by Crippen LogP contribution is 1.91. The minimum Gasteiger partial charge on any atom is -0.344 e. The number of thiol groups is 1. The van der Waals surface area contributed by atoms with Crippen LogP contribution in [0, 0.1) is 0 Å². The Balaban J connectivity index is 0. The second-order valence-electron chi connectivity index (χ2n) is 0.105. The van der Waals surface area contributed by atoms with Crippen LogP contribution in [0.25, 0.3) is 0 Å². The van der Waals surface area contributed by atoms with Crippen LogP contribution in [0.3, 0.4) is 0 Å². The molecule has 0 radical (unpaired) electrons. The van der Waals surface area contributed by atoms with Crippen molar-refractivity contribution in [1.29, 1.82) is 0 Å². The third-order valence-corrected chi connectivity index (χ3v) is 0. The summed E-state index contributed by atoms with van der Waals surface area (Å²) in [5, 5.41) is 0. The molecule has 0 aliphatic rings. The molecule has 0 aromatic carbocycles. The lowest BCUT2D eigenvalue weighted by molar-refractivity contribution is 2.13. The largest absolute Gasteiger partial charge is 0.344 e. The molecule has 0 rings (SSSR count). The van der Waals surface area contributed by atoms with Gasteiger partial charge in [0.2, 0.25) is 0 Å². The van der Waals surface area contributed by atoms with Crippen molar-refractivity contribution in [1.82, 2.24) is 6.15 Å². The average Bonchev–Trinajstić information content (AvgIpc) is 0.918. The van der Waals surface area contributed by atoms with Crippen molar-refractivity contribution in [3.05, 3.63) is 0 Å². The van der Waals surface area contributed by atoms with E-state index in [0.29, 0.717) is 0 Å². The Labute approximate surface area is 37.4 Å². The molecule has 28 valence electrons. The summed E-state index contributed by atoms with van der Waals surface area (Å²) in [4.78, 5) is 0. The van der Waals surface area contributed by atoms with Gasteiger partial charge in [-0.15, -0.1) is 12.2 Å². The Hall–Kier alpha value is 0.960. The third-order valence-electron chi connectivity index (χ3n) is 0. The first-order valence-electron chi connectivity index (χ1n) is 0.494. The van der Waals surface area contributed by atoms with Crippen LogP contribution in [0.5, 0.6) is 0 Å². The molecule has 1 atom stereocenters. The van der Waals surface area contributed by atoms with E-state index in [2.05, 4.69) is 24.1 Å². The monoisotopic (exact) mass is 115 g/mol. The summed E-state index contributed by atoms with van der Waals surface area (Å²) in [7, 11) is 0. The first-order valence-corrected chi connectivity index (χ1v) is 4.45. The van der Waals surface area contributed by atoms with E-state index in [4.69, 9.17) is 0 Å². The van der Waals surface area contributed by atoms with E-state index in [-0.39, 0.29) is 12.7 Å². The number of rotatable bonds is 0. The van der Waals surface area contributed by atoms with Crippen molar-refractivity contribution in [2.75, 3.05) is 0 Å². The quantitative estimate of drug-likeness (QED) is 0.363. The molecular weight excluding hydrogens is 109 g/mol. The summed E-state index contributed by atoms with van der Waals surface area (Å²) >= 11 is 8.03. The van der Waals surface area contributed by atoms with Crippen LogP contribution in [0.2, 0.25) is 0 Å². The Bertz CT molecular complexity index is 13.5. The fourth-order valence-corrected chi connectivity index (χ4v) is 0. The standard InChI is InChI=1S/H3N.H3PS2/c;2-1-3/h1H3;1H2,(H,2,3). The van der Waals surface area contributed by atoms with E-state index < -0.39 is 0 Å². The molecule has 1 unspecified atom stereocenters. The van der Waals surface area contributed by atoms with Crippen LogP contribution in [0.4, 0.5) is 0 Å². The van der Waals surface area contributed by atoms with Gasteiger partial charge in [-0.05, 0) is 6.56 Å². The maximum absolute atomic E-state index is 4.34. The molecule has 0 aromatic rings. The van der Waals surface area contributed by atoms with Crippen molar-refractivity contribution >= 4 is 30.6 Å². The normalized spacial score (nSPS) is 7.25. The predicted molar refractivity (Wildman–Crippen MR) is 31.1 cm³/mol. The second-order valence-corrected chi connectivity index (χ2v) is 2.85. The predicted octanol–water partition coefficient (Wildman–Crippen LogP) is 0.866. The van der Waals surface area contributed by atoms with Gasteiger partial charge in [-0.2, -0.15) is 0 Å². The van der Waals surface area contributed by atoms with Crippen LogP contribution in [-0.4, -0.2) is 0 Å². The van der Waals surface area contributed by atoms with E-state index in [1.165, 1.54) is 0 Å². The topological polar surface area (TPSA) is 35.0 Å². The van der Waals surface area contributed by atoms with Crippen LogP contribution < -0.4 is 6.15 Å². The van der Waals surface area contributed by atoms with Gasteiger partial charge in [0.05, 0.1) is 0 Å². The van der Waals surface area contributed by atoms with E-state index in [1.807, 2.05) is 0 Å². The molecule has 3 N–H and O–H groups in total. The van der Waals surface area contributed by atoms with Crippen molar-refractivity contribution in [3.63, 3.8) is 0 Å². The summed E-state index contributed by atoms with van der Waals surface area (Å²) in [6.45, 7) is 0.0278. The van der Waals surface area contributed by atoms with E-state index in [1.54, 1.807) is 0 Å². The van der Waals surface area contributed by atoms with Crippen molar-refractivity contribution in [3.8, 4) is 0 Å². The zero-order valence-corrected chi connectivity index (χ0v) is 5.01. The van der Waals surface area contributed by atoms with Crippen LogP contribution in [-0.2, 0) is 11.8 Å². The molecule has 0 aliphatic heterocycles. The van der Waals surface area contributed by atoms with Crippen molar-refractivity contribution in [2.45, 2.75) is 0 Å². The molecule has 0 aliphatic carbocycles. The second kappa shape index (κ2) is 9.03. The lowest BCUT2D eigenvalue weighted by atomic mass is 14.0. The van der Waals surface area contributed by atoms with E-state index in [0.717, 1.165) is 0 Å². The molecule has 0 spiro atoms. The third kappa shape index (κ3) is 12.3. The van der Waals surface area contributed by atoms with E-state index in [9.17, 15) is 0 Å². The summed E-state index contributed by atoms with van der Waals surface area (Å²) in [5.74, 6) is 0. The first-order chi connectivity index (χ1) is 1.41. The van der Waals surface area contributed by atoms with Crippen LogP contribution in [0.1, 0.15) is 0 Å². The average molecular weight is 115 g/mol. The molecule has 0 saturated heterocycles. The summed E-state index contributed by atoms with van der Waals surface area (Å²) < 4.78 is 0. The van der Waals surface area contributed by atoms with Gasteiger partial charge in [0, 0.05) is 0 Å². The van der Waals surface area contributed by atoms with Gasteiger partial charge >= 0.3 is 0 Å². The minimum atomic E-state index is 0. The van der Waals surface area contributed by atoms with Crippen molar-refractivity contribution in [2.24, 2.45) is 0 Å². The van der Waals surface area contributed by atoms with Crippen LogP contribution in [0.15, 0.2) is 0 Å². The van der Waals surface area contributed by atoms with Gasteiger partial charge in [0.15, 0.2) is 0 Å². The first kappa shape index (κ1) is 8.88. The summed E-state index contributed by atoms with van der Waals surface area (Å²) in [6.07, 6.45) is 0. The highest BCUT2D eigenvalue weighted by atomic mass is 32.9. The lowest BCUT2D eigenvalue weighted by Crippen LogP contribution is -0.661. The Morgan fingerprint density at radius 2 is 1.75 bits per heavy atom. The molecule has 0 amide bonds. The number of hydrogen-bond acceptors (Lipinski definition) is 2. The molecule has 0 fully saturated rings. The fourth-order valence-electron chi connectivity index (χ4n) is 0. The van der Waals surface area contributed by atoms with Crippen LogP contribution >= 0.6 is 18.8 Å². The Morgan fingerprint density at radius 1 is 1.75 bits per heavy atom. The molecule has 0 saturated carbocycles. The summed E-state index contributed by atoms with van der Waals surface area (Å²) in [5.41, 5.74) is 0. The molecule has 4 heavy (non-hydrogen) atoms.